The van der Waals surface area contributed by atoms with Gasteiger partial charge in [0.1, 0.15) is 0 Å². The van der Waals surface area contributed by atoms with Crippen molar-refractivity contribution in [3.05, 3.63) is 11.4 Å². The third-order valence-corrected chi connectivity index (χ3v) is 5.06. The number of carbonyl (C=O) groups is 1. The van der Waals surface area contributed by atoms with Gasteiger partial charge in [-0.3, -0.25) is 19.3 Å². The predicted molar refractivity (Wildman–Crippen MR) is 95.3 cm³/mol. The Balaban J connectivity index is 1.94. The summed E-state index contributed by atoms with van der Waals surface area (Å²) in [4.78, 5) is 17.3. The Morgan fingerprint density at radius 1 is 1.42 bits per heavy atom. The minimum Gasteiger partial charge on any atom is -0.383 e. The number of nitrogens with one attached hydrogen (secondary N) is 1. The zero-order chi connectivity index (χ0) is 17.9. The van der Waals surface area contributed by atoms with E-state index < -0.39 is 0 Å². The van der Waals surface area contributed by atoms with Crippen molar-refractivity contribution in [1.82, 2.24) is 19.6 Å². The number of piperazine rings is 1. The minimum atomic E-state index is -0.156. The molecule has 0 spiro atoms. The van der Waals surface area contributed by atoms with Crippen LogP contribution in [-0.4, -0.2) is 77.5 Å². The molecule has 0 saturated carbocycles. The van der Waals surface area contributed by atoms with Crippen molar-refractivity contribution in [2.75, 3.05) is 45.2 Å². The second-order valence-electron chi connectivity index (χ2n) is 6.71. The van der Waals surface area contributed by atoms with E-state index in [1.54, 1.807) is 11.8 Å². The van der Waals surface area contributed by atoms with E-state index in [1.807, 2.05) is 27.8 Å². The highest BCUT2D eigenvalue weighted by Gasteiger charge is 2.30. The normalized spacial score (nSPS) is 21.0. The number of methoxy groups -OCH3 is 1. The van der Waals surface area contributed by atoms with Crippen molar-refractivity contribution < 1.29 is 9.53 Å². The smallest absolute Gasteiger partial charge is 0.241 e. The maximum atomic E-state index is 12.7. The van der Waals surface area contributed by atoms with E-state index in [4.69, 9.17) is 4.74 Å². The van der Waals surface area contributed by atoms with Crippen LogP contribution in [0.1, 0.15) is 25.2 Å². The first-order valence-electron chi connectivity index (χ1n) is 8.63. The Morgan fingerprint density at radius 2 is 2.12 bits per heavy atom. The van der Waals surface area contributed by atoms with Crippen molar-refractivity contribution in [2.45, 2.75) is 39.8 Å². The molecule has 7 heteroatoms. The fraction of sp³-hybridized carbons (Fsp3) is 0.765. The van der Waals surface area contributed by atoms with Crippen molar-refractivity contribution in [1.29, 1.82) is 0 Å². The Labute approximate surface area is 144 Å². The zero-order valence-electron chi connectivity index (χ0n) is 15.8. The van der Waals surface area contributed by atoms with Crippen LogP contribution in [0.5, 0.6) is 0 Å². The molecule has 1 aliphatic rings. The SMILES string of the molecule is COCCN1CCN([C@H](C)C(=O)Nc2c(C)nn(C)c2C)C[C@H]1C. The van der Waals surface area contributed by atoms with E-state index in [0.717, 1.165) is 49.9 Å². The first-order valence-corrected chi connectivity index (χ1v) is 8.63. The lowest BCUT2D eigenvalue weighted by molar-refractivity contribution is -0.121. The number of hydrogen-bond donors (Lipinski definition) is 1. The van der Waals surface area contributed by atoms with Gasteiger partial charge in [0.15, 0.2) is 0 Å². The number of rotatable bonds is 6. The molecular formula is C17H31N5O2. The van der Waals surface area contributed by atoms with Gasteiger partial charge in [0.2, 0.25) is 5.91 Å². The molecule has 0 bridgehead atoms. The summed E-state index contributed by atoms with van der Waals surface area (Å²) in [5, 5.41) is 7.42. The predicted octanol–water partition coefficient (Wildman–Crippen LogP) is 1.02. The second-order valence-corrected chi connectivity index (χ2v) is 6.71. The topological polar surface area (TPSA) is 62.6 Å². The first kappa shape index (κ1) is 18.9. The average Bonchev–Trinajstić information content (AvgIpc) is 2.79. The molecule has 1 saturated heterocycles. The third kappa shape index (κ3) is 4.15. The summed E-state index contributed by atoms with van der Waals surface area (Å²) in [5.41, 5.74) is 2.67. The van der Waals surface area contributed by atoms with Crippen LogP contribution in [0, 0.1) is 13.8 Å². The highest BCUT2D eigenvalue weighted by atomic mass is 16.5. The maximum Gasteiger partial charge on any atom is 0.241 e. The number of hydrogen-bond acceptors (Lipinski definition) is 5. The minimum absolute atomic E-state index is 0.0340. The third-order valence-electron chi connectivity index (χ3n) is 5.06. The monoisotopic (exact) mass is 337 g/mol. The summed E-state index contributed by atoms with van der Waals surface area (Å²) in [6.07, 6.45) is 0. The number of aryl methyl sites for hydroxylation is 2. The van der Waals surface area contributed by atoms with Gasteiger partial charge in [-0.15, -0.1) is 0 Å². The van der Waals surface area contributed by atoms with E-state index >= 15 is 0 Å². The first-order chi connectivity index (χ1) is 11.3. The van der Waals surface area contributed by atoms with Crippen molar-refractivity contribution >= 4 is 11.6 Å². The highest BCUT2D eigenvalue weighted by Crippen LogP contribution is 2.20. The van der Waals surface area contributed by atoms with Crippen LogP contribution >= 0.6 is 0 Å². The largest absolute Gasteiger partial charge is 0.383 e. The van der Waals surface area contributed by atoms with E-state index in [1.165, 1.54) is 0 Å². The lowest BCUT2D eigenvalue weighted by atomic mass is 10.1. The zero-order valence-corrected chi connectivity index (χ0v) is 15.8. The Kier molecular flexibility index (Phi) is 6.37. The van der Waals surface area contributed by atoms with Crippen LogP contribution in [0.2, 0.25) is 0 Å². The van der Waals surface area contributed by atoms with Gasteiger partial charge >= 0.3 is 0 Å². The summed E-state index contributed by atoms with van der Waals surface area (Å²) >= 11 is 0. The summed E-state index contributed by atoms with van der Waals surface area (Å²) in [7, 11) is 3.62. The number of anilines is 1. The van der Waals surface area contributed by atoms with Crippen LogP contribution in [0.3, 0.4) is 0 Å². The summed E-state index contributed by atoms with van der Waals surface area (Å²) in [6, 6.07) is 0.266. The number of carbonyl (C=O) groups excluding carboxylic acids is 1. The van der Waals surface area contributed by atoms with Crippen LogP contribution in [0.25, 0.3) is 0 Å². The second kappa shape index (κ2) is 8.09. The summed E-state index contributed by atoms with van der Waals surface area (Å²) in [6.45, 7) is 12.5. The maximum absolute atomic E-state index is 12.7. The molecule has 1 aliphatic heterocycles. The quantitative estimate of drug-likeness (QED) is 0.840. The molecule has 0 unspecified atom stereocenters. The van der Waals surface area contributed by atoms with Gasteiger partial charge in [-0.25, -0.2) is 0 Å². The van der Waals surface area contributed by atoms with Crippen molar-refractivity contribution in [3.63, 3.8) is 0 Å². The van der Waals surface area contributed by atoms with Crippen molar-refractivity contribution in [3.8, 4) is 0 Å². The van der Waals surface area contributed by atoms with Crippen LogP contribution in [0.15, 0.2) is 0 Å². The van der Waals surface area contributed by atoms with Gasteiger partial charge in [-0.05, 0) is 27.7 Å². The molecule has 0 radical (unpaired) electrons. The van der Waals surface area contributed by atoms with Gasteiger partial charge in [0.25, 0.3) is 0 Å². The Morgan fingerprint density at radius 3 is 2.67 bits per heavy atom. The molecule has 7 nitrogen and oxygen atoms in total. The van der Waals surface area contributed by atoms with E-state index in [0.29, 0.717) is 6.04 Å². The van der Waals surface area contributed by atoms with E-state index in [9.17, 15) is 4.79 Å². The molecule has 1 fully saturated rings. The van der Waals surface area contributed by atoms with Crippen molar-refractivity contribution in [2.24, 2.45) is 7.05 Å². The van der Waals surface area contributed by atoms with E-state index in [2.05, 4.69) is 27.1 Å². The molecule has 1 N–H and O–H groups in total. The number of nitrogens with zero attached hydrogens (tertiary/aromatic N) is 4. The molecule has 0 aromatic carbocycles. The average molecular weight is 337 g/mol. The van der Waals surface area contributed by atoms with Crippen LogP contribution < -0.4 is 5.32 Å². The molecule has 136 valence electrons. The fourth-order valence-corrected chi connectivity index (χ4v) is 3.26. The standard InChI is InChI=1S/C17H31N5O2/c1-12-11-22(8-7-21(12)9-10-24-6)15(4)17(23)18-16-13(2)19-20(5)14(16)3/h12,15H,7-11H2,1-6H3,(H,18,23)/t12-,15-/m1/s1. The van der Waals surface area contributed by atoms with Gasteiger partial charge in [-0.2, -0.15) is 5.10 Å². The number of amides is 1. The van der Waals surface area contributed by atoms with Gasteiger partial charge in [0.05, 0.1) is 29.7 Å². The van der Waals surface area contributed by atoms with Gasteiger partial charge in [-0.1, -0.05) is 0 Å². The van der Waals surface area contributed by atoms with Gasteiger partial charge < -0.3 is 10.1 Å². The Bertz CT molecular complexity index is 572. The number of aromatic nitrogens is 2. The molecule has 2 atom stereocenters. The summed E-state index contributed by atoms with van der Waals surface area (Å²) < 4.78 is 6.97. The molecule has 24 heavy (non-hydrogen) atoms. The Hall–Kier alpha value is -1.44. The lowest BCUT2D eigenvalue weighted by Crippen LogP contribution is -2.57. The molecule has 2 rings (SSSR count). The van der Waals surface area contributed by atoms with Crippen LogP contribution in [0.4, 0.5) is 5.69 Å². The molecule has 0 aliphatic carbocycles. The van der Waals surface area contributed by atoms with E-state index in [-0.39, 0.29) is 11.9 Å². The number of ether oxygens (including phenoxy) is 1. The molecule has 1 aromatic heterocycles. The lowest BCUT2D eigenvalue weighted by Gasteiger charge is -2.41. The molecular weight excluding hydrogens is 306 g/mol. The fourth-order valence-electron chi connectivity index (χ4n) is 3.26. The molecule has 2 heterocycles. The van der Waals surface area contributed by atoms with Gasteiger partial charge in [0, 0.05) is 46.4 Å². The van der Waals surface area contributed by atoms with Crippen LogP contribution in [-0.2, 0) is 16.6 Å². The highest BCUT2D eigenvalue weighted by molar-refractivity contribution is 5.95. The summed E-state index contributed by atoms with van der Waals surface area (Å²) in [5.74, 6) is 0.0340. The molecule has 1 aromatic rings. The molecule has 1 amide bonds.